The van der Waals surface area contributed by atoms with Gasteiger partial charge in [-0.25, -0.2) is 0 Å². The zero-order chi connectivity index (χ0) is 32.7. The largest absolute Gasteiger partial charge is 0.136 e. The van der Waals surface area contributed by atoms with E-state index >= 15 is 0 Å². The molecule has 0 bridgehead atoms. The van der Waals surface area contributed by atoms with E-state index in [-0.39, 0.29) is 0 Å². The second-order valence-electron chi connectivity index (χ2n) is 13.4. The Balaban J connectivity index is 1.05. The molecule has 7 rings (SSSR count). The first-order valence-corrected chi connectivity index (χ1v) is 19.7. The third-order valence-corrected chi connectivity index (χ3v) is 11.7. The van der Waals surface area contributed by atoms with E-state index in [2.05, 4.69) is 135 Å². The van der Waals surface area contributed by atoms with Gasteiger partial charge in [-0.1, -0.05) is 113 Å². The van der Waals surface area contributed by atoms with E-state index in [9.17, 15) is 0 Å². The van der Waals surface area contributed by atoms with E-state index in [0.717, 1.165) is 0 Å². The highest BCUT2D eigenvalue weighted by atomic mass is 32.1. The molecule has 0 atom stereocenters. The van der Waals surface area contributed by atoms with Crippen molar-refractivity contribution in [1.82, 2.24) is 0 Å². The molecular formula is C46H46S2. The van der Waals surface area contributed by atoms with Crippen molar-refractivity contribution < 1.29 is 0 Å². The fraction of sp³-hybridized carbons (Fsp3) is 0.261. The summed E-state index contributed by atoms with van der Waals surface area (Å²) in [7, 11) is 0. The molecule has 0 unspecified atom stereocenters. The number of hydrogen-bond acceptors (Lipinski definition) is 2. The molecule has 2 heterocycles. The molecule has 0 amide bonds. The van der Waals surface area contributed by atoms with Crippen LogP contribution in [0.5, 0.6) is 0 Å². The van der Waals surface area contributed by atoms with Gasteiger partial charge in [-0.15, -0.1) is 22.7 Å². The van der Waals surface area contributed by atoms with Gasteiger partial charge in [0.05, 0.1) is 0 Å². The van der Waals surface area contributed by atoms with E-state index in [4.69, 9.17) is 0 Å². The maximum absolute atomic E-state index is 2.38. The molecule has 48 heavy (non-hydrogen) atoms. The van der Waals surface area contributed by atoms with Crippen LogP contribution in [0.2, 0.25) is 0 Å². The van der Waals surface area contributed by atoms with E-state index in [1.807, 2.05) is 22.7 Å². The summed E-state index contributed by atoms with van der Waals surface area (Å²) in [6.45, 7) is 4.54. The Morgan fingerprint density at radius 1 is 0.396 bits per heavy atom. The molecule has 2 heteroatoms. The first kappa shape index (κ1) is 32.6. The van der Waals surface area contributed by atoms with Gasteiger partial charge >= 0.3 is 0 Å². The molecule has 0 aliphatic carbocycles. The normalized spacial score (nSPS) is 12.2. The van der Waals surface area contributed by atoms with Gasteiger partial charge in [0.1, 0.15) is 0 Å². The number of benzene rings is 5. The number of rotatable bonds is 14. The summed E-state index contributed by atoms with van der Waals surface area (Å²) in [4.78, 5) is 2.60. The summed E-state index contributed by atoms with van der Waals surface area (Å²) in [6.07, 6.45) is 22.0. The smallest absolute Gasteiger partial charge is 0.0355 e. The second-order valence-corrected chi connectivity index (χ2v) is 15.6. The third-order valence-electron chi connectivity index (χ3n) is 9.58. The highest BCUT2D eigenvalue weighted by Gasteiger charge is 2.08. The lowest BCUT2D eigenvalue weighted by Crippen LogP contribution is -1.85. The summed E-state index contributed by atoms with van der Waals surface area (Å²) in [5, 5.41) is 7.88. The first-order chi connectivity index (χ1) is 23.6. The van der Waals surface area contributed by atoms with E-state index in [1.54, 1.807) is 0 Å². The van der Waals surface area contributed by atoms with Crippen molar-refractivity contribution in [2.75, 3.05) is 0 Å². The molecule has 0 saturated heterocycles. The molecule has 242 valence electrons. The van der Waals surface area contributed by atoms with Gasteiger partial charge in [-0.3, -0.25) is 0 Å². The Hall–Kier alpha value is -3.98. The minimum absolute atomic E-state index is 1.19. The van der Waals surface area contributed by atoms with E-state index in [0.29, 0.717) is 0 Å². The minimum Gasteiger partial charge on any atom is -0.136 e. The molecule has 0 spiro atoms. The van der Waals surface area contributed by atoms with Gasteiger partial charge in [0.15, 0.2) is 0 Å². The Morgan fingerprint density at radius 3 is 1.21 bits per heavy atom. The van der Waals surface area contributed by atoms with Crippen molar-refractivity contribution >= 4 is 88.7 Å². The number of thiophene rings is 2. The standard InChI is InChI=1S/C46H46S2/c1-3-5-7-9-11-33-13-17-35(18-14-33)21-23-43-29-41-27-37-25-38-28-42-30-44(48-46(42)32-40(38)26-39(37)31-45(41)47-43)24-22-36-19-15-34(16-20-36)12-10-8-6-4-2/h13-32H,3-12H2,1-2H3/b23-21+,24-22+. The fourth-order valence-corrected chi connectivity index (χ4v) is 8.74. The number of unbranched alkanes of at least 4 members (excludes halogenated alkanes) is 6. The summed E-state index contributed by atoms with van der Waals surface area (Å²) in [5.74, 6) is 0. The topological polar surface area (TPSA) is 0 Å². The van der Waals surface area contributed by atoms with Crippen LogP contribution in [0.3, 0.4) is 0 Å². The average molecular weight is 663 g/mol. The molecule has 0 fully saturated rings. The van der Waals surface area contributed by atoms with Crippen molar-refractivity contribution in [1.29, 1.82) is 0 Å². The number of hydrogen-bond donors (Lipinski definition) is 0. The Labute approximate surface area is 294 Å². The van der Waals surface area contributed by atoms with Crippen LogP contribution < -0.4 is 0 Å². The molecular weight excluding hydrogens is 617 g/mol. The maximum atomic E-state index is 2.38. The highest BCUT2D eigenvalue weighted by Crippen LogP contribution is 2.36. The molecule has 0 nitrogen and oxygen atoms in total. The second kappa shape index (κ2) is 15.5. The van der Waals surface area contributed by atoms with Gasteiger partial charge in [-0.2, -0.15) is 0 Å². The first-order valence-electron chi connectivity index (χ1n) is 18.0. The lowest BCUT2D eigenvalue weighted by atomic mass is 10.0. The van der Waals surface area contributed by atoms with Crippen LogP contribution in [0.15, 0.2) is 97.1 Å². The Bertz CT molecular complexity index is 1940. The predicted molar refractivity (Wildman–Crippen MR) is 219 cm³/mol. The van der Waals surface area contributed by atoms with Crippen LogP contribution in [0.1, 0.15) is 97.2 Å². The van der Waals surface area contributed by atoms with Crippen LogP contribution in [-0.4, -0.2) is 0 Å². The van der Waals surface area contributed by atoms with Crippen molar-refractivity contribution in [3.05, 3.63) is 129 Å². The Kier molecular flexibility index (Phi) is 10.5. The van der Waals surface area contributed by atoms with Gasteiger partial charge in [0.2, 0.25) is 0 Å². The number of aryl methyl sites for hydroxylation is 2. The average Bonchev–Trinajstić information content (AvgIpc) is 3.70. The summed E-state index contributed by atoms with van der Waals surface area (Å²) >= 11 is 3.76. The summed E-state index contributed by atoms with van der Waals surface area (Å²) < 4.78 is 2.69. The third kappa shape index (κ3) is 8.00. The molecule has 7 aromatic rings. The zero-order valence-electron chi connectivity index (χ0n) is 28.4. The number of fused-ring (bicyclic) bond motifs is 4. The van der Waals surface area contributed by atoms with Crippen molar-refractivity contribution in [3.8, 4) is 0 Å². The van der Waals surface area contributed by atoms with Crippen LogP contribution in [0.4, 0.5) is 0 Å². The van der Waals surface area contributed by atoms with Crippen LogP contribution >= 0.6 is 22.7 Å². The summed E-state index contributed by atoms with van der Waals surface area (Å²) in [6, 6.07) is 37.1. The van der Waals surface area contributed by atoms with Crippen LogP contribution in [0.25, 0.3) is 66.0 Å². The van der Waals surface area contributed by atoms with Gasteiger partial charge in [0.25, 0.3) is 0 Å². The van der Waals surface area contributed by atoms with Crippen LogP contribution in [-0.2, 0) is 12.8 Å². The van der Waals surface area contributed by atoms with Crippen molar-refractivity contribution in [2.24, 2.45) is 0 Å². The Morgan fingerprint density at radius 2 is 0.792 bits per heavy atom. The summed E-state index contributed by atoms with van der Waals surface area (Å²) in [5.41, 5.74) is 5.43. The fourth-order valence-electron chi connectivity index (χ4n) is 6.74. The maximum Gasteiger partial charge on any atom is 0.0355 e. The predicted octanol–water partition coefficient (Wildman–Crippen LogP) is 15.0. The molecule has 0 radical (unpaired) electrons. The lowest BCUT2D eigenvalue weighted by Gasteiger charge is -2.04. The molecule has 0 N–H and O–H groups in total. The minimum atomic E-state index is 1.19. The van der Waals surface area contributed by atoms with Gasteiger partial charge in [0, 0.05) is 19.2 Å². The van der Waals surface area contributed by atoms with Gasteiger partial charge in [-0.05, 0) is 141 Å². The molecule has 2 aromatic heterocycles. The highest BCUT2D eigenvalue weighted by molar-refractivity contribution is 7.20. The van der Waals surface area contributed by atoms with Crippen LogP contribution in [0, 0.1) is 0 Å². The monoisotopic (exact) mass is 662 g/mol. The molecule has 5 aromatic carbocycles. The van der Waals surface area contributed by atoms with Gasteiger partial charge < -0.3 is 0 Å². The zero-order valence-corrected chi connectivity index (χ0v) is 30.1. The van der Waals surface area contributed by atoms with E-state index in [1.165, 1.54) is 138 Å². The van der Waals surface area contributed by atoms with Crippen molar-refractivity contribution in [3.63, 3.8) is 0 Å². The molecule has 0 saturated carbocycles. The molecule has 0 aliphatic rings. The molecule has 0 aliphatic heterocycles. The lowest BCUT2D eigenvalue weighted by molar-refractivity contribution is 0.667. The van der Waals surface area contributed by atoms with Crippen molar-refractivity contribution in [2.45, 2.75) is 78.1 Å². The van der Waals surface area contributed by atoms with E-state index < -0.39 is 0 Å². The SMILES string of the molecule is CCCCCCc1ccc(/C=C/c2cc3cc4cc5cc6cc(/C=C/c7ccc(CCCCCC)cc7)sc6cc5cc4cc3s2)cc1. The quantitative estimate of drug-likeness (QED) is 0.0803.